The second kappa shape index (κ2) is 10.9. The molecule has 166 valence electrons. The summed E-state index contributed by atoms with van der Waals surface area (Å²) in [7, 11) is 0. The summed E-state index contributed by atoms with van der Waals surface area (Å²) in [4.78, 5) is 28.8. The van der Waals surface area contributed by atoms with Crippen LogP contribution in [0.15, 0.2) is 48.5 Å². The van der Waals surface area contributed by atoms with Gasteiger partial charge in [-0.2, -0.15) is 0 Å². The van der Waals surface area contributed by atoms with Gasteiger partial charge in [-0.15, -0.1) is 0 Å². The normalized spacial score (nSPS) is 14.5. The van der Waals surface area contributed by atoms with Crippen LogP contribution in [0.5, 0.6) is 5.75 Å². The summed E-state index contributed by atoms with van der Waals surface area (Å²) in [5.41, 5.74) is 1.20. The van der Waals surface area contributed by atoms with Crippen LogP contribution in [0.25, 0.3) is 0 Å². The van der Waals surface area contributed by atoms with Gasteiger partial charge >= 0.3 is 0 Å². The summed E-state index contributed by atoms with van der Waals surface area (Å²) in [6, 6.07) is 13.0. The zero-order valence-electron chi connectivity index (χ0n) is 18.1. The third-order valence-corrected chi connectivity index (χ3v) is 5.22. The minimum absolute atomic E-state index is 0.0101. The van der Waals surface area contributed by atoms with E-state index in [2.05, 4.69) is 19.2 Å². The standard InChI is InChI=1S/C24H30FN3O3/c1-18(2)11-16-31-22-9-3-19(4-10-22)24(30)28-14-12-27(13-15-28)17-23(29)26-21-7-5-20(25)6-8-21/h3-10,18H,11-17H2,1-2H3,(H,26,29). The molecule has 2 aromatic carbocycles. The van der Waals surface area contributed by atoms with Gasteiger partial charge in [-0.25, -0.2) is 4.39 Å². The lowest BCUT2D eigenvalue weighted by atomic mass is 10.1. The van der Waals surface area contributed by atoms with Gasteiger partial charge in [0.15, 0.2) is 0 Å². The first-order valence-electron chi connectivity index (χ1n) is 10.7. The molecule has 1 fully saturated rings. The van der Waals surface area contributed by atoms with E-state index in [0.717, 1.165) is 12.2 Å². The van der Waals surface area contributed by atoms with Crippen LogP contribution in [-0.2, 0) is 4.79 Å². The number of hydrogen-bond acceptors (Lipinski definition) is 4. The number of halogens is 1. The third kappa shape index (κ3) is 7.07. The Morgan fingerprint density at radius 2 is 1.65 bits per heavy atom. The average molecular weight is 428 g/mol. The van der Waals surface area contributed by atoms with Crippen molar-refractivity contribution in [1.82, 2.24) is 9.80 Å². The highest BCUT2D eigenvalue weighted by Gasteiger charge is 2.23. The molecule has 0 aromatic heterocycles. The Hall–Kier alpha value is -2.93. The number of hydrogen-bond donors (Lipinski definition) is 1. The Bertz CT molecular complexity index is 861. The Balaban J connectivity index is 1.42. The number of amides is 2. The molecule has 0 atom stereocenters. The zero-order chi connectivity index (χ0) is 22.2. The lowest BCUT2D eigenvalue weighted by Crippen LogP contribution is -2.50. The molecule has 1 aliphatic heterocycles. The fourth-order valence-corrected chi connectivity index (χ4v) is 3.33. The third-order valence-electron chi connectivity index (χ3n) is 5.22. The maximum Gasteiger partial charge on any atom is 0.253 e. The van der Waals surface area contributed by atoms with E-state index in [4.69, 9.17) is 4.74 Å². The molecule has 1 aliphatic rings. The Morgan fingerprint density at radius 1 is 1.00 bits per heavy atom. The van der Waals surface area contributed by atoms with E-state index in [9.17, 15) is 14.0 Å². The predicted molar refractivity (Wildman–Crippen MR) is 119 cm³/mol. The van der Waals surface area contributed by atoms with Crippen LogP contribution in [0.2, 0.25) is 0 Å². The van der Waals surface area contributed by atoms with E-state index in [1.54, 1.807) is 12.1 Å². The van der Waals surface area contributed by atoms with Crippen LogP contribution in [0.4, 0.5) is 10.1 Å². The summed E-state index contributed by atoms with van der Waals surface area (Å²) in [6.45, 7) is 7.59. The van der Waals surface area contributed by atoms with E-state index in [1.807, 2.05) is 21.9 Å². The average Bonchev–Trinajstić information content (AvgIpc) is 2.76. The van der Waals surface area contributed by atoms with E-state index >= 15 is 0 Å². The van der Waals surface area contributed by atoms with Crippen molar-refractivity contribution in [2.45, 2.75) is 20.3 Å². The van der Waals surface area contributed by atoms with E-state index < -0.39 is 0 Å². The Morgan fingerprint density at radius 3 is 2.26 bits per heavy atom. The molecule has 1 saturated heterocycles. The summed E-state index contributed by atoms with van der Waals surface area (Å²) in [6.07, 6.45) is 0.993. The number of rotatable bonds is 8. The molecular weight excluding hydrogens is 397 g/mol. The van der Waals surface area contributed by atoms with Gasteiger partial charge in [0.25, 0.3) is 5.91 Å². The highest BCUT2D eigenvalue weighted by molar-refractivity contribution is 5.94. The van der Waals surface area contributed by atoms with Gasteiger partial charge in [-0.1, -0.05) is 13.8 Å². The Labute approximate surface area is 183 Å². The first kappa shape index (κ1) is 22.7. The molecule has 3 rings (SSSR count). The largest absolute Gasteiger partial charge is 0.494 e. The highest BCUT2D eigenvalue weighted by atomic mass is 19.1. The van der Waals surface area contributed by atoms with Gasteiger partial charge in [0.1, 0.15) is 11.6 Å². The summed E-state index contributed by atoms with van der Waals surface area (Å²) >= 11 is 0. The SMILES string of the molecule is CC(C)CCOc1ccc(C(=O)N2CCN(CC(=O)Nc3ccc(F)cc3)CC2)cc1. The van der Waals surface area contributed by atoms with E-state index in [1.165, 1.54) is 24.3 Å². The van der Waals surface area contributed by atoms with E-state index in [-0.39, 0.29) is 24.2 Å². The van der Waals surface area contributed by atoms with Gasteiger partial charge in [0, 0.05) is 37.4 Å². The van der Waals surface area contributed by atoms with Crippen molar-refractivity contribution >= 4 is 17.5 Å². The number of carbonyl (C=O) groups excluding carboxylic acids is 2. The maximum atomic E-state index is 13.0. The van der Waals surface area contributed by atoms with Crippen molar-refractivity contribution in [2.24, 2.45) is 5.92 Å². The molecule has 2 amide bonds. The number of nitrogens with one attached hydrogen (secondary N) is 1. The van der Waals surface area contributed by atoms with Gasteiger partial charge < -0.3 is 15.0 Å². The molecule has 6 nitrogen and oxygen atoms in total. The minimum Gasteiger partial charge on any atom is -0.494 e. The molecular formula is C24H30FN3O3. The number of benzene rings is 2. The molecule has 1 heterocycles. The molecule has 1 N–H and O–H groups in total. The van der Waals surface area contributed by atoms with Crippen molar-refractivity contribution in [3.05, 3.63) is 59.9 Å². The van der Waals surface area contributed by atoms with Crippen LogP contribution >= 0.6 is 0 Å². The first-order chi connectivity index (χ1) is 14.9. The number of ether oxygens (including phenoxy) is 1. The molecule has 0 unspecified atom stereocenters. The quantitative estimate of drug-likeness (QED) is 0.699. The number of nitrogens with zero attached hydrogens (tertiary/aromatic N) is 2. The van der Waals surface area contributed by atoms with Crippen LogP contribution in [0.1, 0.15) is 30.6 Å². The zero-order valence-corrected chi connectivity index (χ0v) is 18.1. The van der Waals surface area contributed by atoms with Gasteiger partial charge in [-0.05, 0) is 60.9 Å². The maximum absolute atomic E-state index is 13.0. The van der Waals surface area contributed by atoms with Crippen LogP contribution in [-0.4, -0.2) is 60.9 Å². The second-order valence-corrected chi connectivity index (χ2v) is 8.18. The summed E-state index contributed by atoms with van der Waals surface area (Å²) in [5.74, 6) is 0.860. The molecule has 2 aromatic rings. The van der Waals surface area contributed by atoms with Crippen LogP contribution < -0.4 is 10.1 Å². The predicted octanol–water partition coefficient (Wildman–Crippen LogP) is 3.65. The van der Waals surface area contributed by atoms with Crippen molar-refractivity contribution in [2.75, 3.05) is 44.6 Å². The highest BCUT2D eigenvalue weighted by Crippen LogP contribution is 2.16. The molecule has 7 heteroatoms. The number of anilines is 1. The molecule has 31 heavy (non-hydrogen) atoms. The van der Waals surface area contributed by atoms with Crippen molar-refractivity contribution in [3.63, 3.8) is 0 Å². The number of piperazine rings is 1. The fourth-order valence-electron chi connectivity index (χ4n) is 3.33. The molecule has 0 spiro atoms. The van der Waals surface area contributed by atoms with E-state index in [0.29, 0.717) is 50.0 Å². The van der Waals surface area contributed by atoms with Crippen molar-refractivity contribution in [3.8, 4) is 5.75 Å². The molecule has 0 saturated carbocycles. The smallest absolute Gasteiger partial charge is 0.253 e. The minimum atomic E-state index is -0.341. The lowest BCUT2D eigenvalue weighted by Gasteiger charge is -2.34. The molecule has 0 bridgehead atoms. The van der Waals surface area contributed by atoms with Crippen LogP contribution in [0, 0.1) is 11.7 Å². The Kier molecular flexibility index (Phi) is 8.00. The summed E-state index contributed by atoms with van der Waals surface area (Å²) in [5, 5.41) is 2.76. The van der Waals surface area contributed by atoms with Gasteiger partial charge in [0.2, 0.25) is 5.91 Å². The van der Waals surface area contributed by atoms with Crippen molar-refractivity contribution in [1.29, 1.82) is 0 Å². The van der Waals surface area contributed by atoms with Gasteiger partial charge in [0.05, 0.1) is 13.2 Å². The monoisotopic (exact) mass is 427 g/mol. The summed E-state index contributed by atoms with van der Waals surface area (Å²) < 4.78 is 18.7. The number of carbonyl (C=O) groups is 2. The van der Waals surface area contributed by atoms with Gasteiger partial charge in [-0.3, -0.25) is 14.5 Å². The fraction of sp³-hybridized carbons (Fsp3) is 0.417. The van der Waals surface area contributed by atoms with Crippen LogP contribution in [0.3, 0.4) is 0 Å². The molecule has 0 aliphatic carbocycles. The van der Waals surface area contributed by atoms with Crippen molar-refractivity contribution < 1.29 is 18.7 Å². The molecule has 0 radical (unpaired) electrons. The topological polar surface area (TPSA) is 61.9 Å². The first-order valence-corrected chi connectivity index (χ1v) is 10.7. The lowest BCUT2D eigenvalue weighted by molar-refractivity contribution is -0.117. The second-order valence-electron chi connectivity index (χ2n) is 8.18.